The number of nitrogens with zero attached hydrogens (tertiary/aromatic N) is 1. The van der Waals surface area contributed by atoms with Crippen LogP contribution < -0.4 is 19.5 Å². The number of hydrogen-bond acceptors (Lipinski definition) is 5. The number of fused-ring (bicyclic) bond motifs is 1. The molecule has 0 aliphatic carbocycles. The number of rotatable bonds is 8. The maximum absolute atomic E-state index is 12.6. The molecule has 1 amide bonds. The SMILES string of the molecule is COc1cc(OC)c(/C=C(/C#N)C(=O)NCCc2c[nH]c3ccccc23)c(OC)c1. The predicted molar refractivity (Wildman–Crippen MR) is 115 cm³/mol. The number of aromatic nitrogens is 1. The summed E-state index contributed by atoms with van der Waals surface area (Å²) in [6.45, 7) is 0.399. The number of benzene rings is 2. The first-order chi connectivity index (χ1) is 14.6. The number of amides is 1. The van der Waals surface area contributed by atoms with Crippen molar-refractivity contribution < 1.29 is 19.0 Å². The Balaban J connectivity index is 1.76. The zero-order chi connectivity index (χ0) is 21.5. The number of hydrogen-bond donors (Lipinski definition) is 2. The van der Waals surface area contributed by atoms with Gasteiger partial charge in [-0.2, -0.15) is 5.26 Å². The number of H-pyrrole nitrogens is 1. The minimum absolute atomic E-state index is 0.0457. The lowest BCUT2D eigenvalue weighted by molar-refractivity contribution is -0.117. The molecule has 0 unspecified atom stereocenters. The molecule has 2 N–H and O–H groups in total. The van der Waals surface area contributed by atoms with Crippen LogP contribution in [0.5, 0.6) is 17.2 Å². The molecule has 1 heterocycles. The summed E-state index contributed by atoms with van der Waals surface area (Å²) in [7, 11) is 4.53. The molecule has 30 heavy (non-hydrogen) atoms. The van der Waals surface area contributed by atoms with Crippen molar-refractivity contribution in [2.24, 2.45) is 0 Å². The van der Waals surface area contributed by atoms with Crippen molar-refractivity contribution in [3.05, 3.63) is 59.3 Å². The largest absolute Gasteiger partial charge is 0.496 e. The molecular formula is C23H23N3O4. The standard InChI is InChI=1S/C23H23N3O4/c1-28-17-11-21(29-2)19(22(12-17)30-3)10-16(13-24)23(27)25-9-8-15-14-26-20-7-5-4-6-18(15)20/h4-7,10-12,14,26H,8-9H2,1-3H3,(H,25,27)/b16-10-. The number of para-hydroxylation sites is 1. The number of aromatic amines is 1. The Labute approximate surface area is 174 Å². The summed E-state index contributed by atoms with van der Waals surface area (Å²) in [5, 5.41) is 13.4. The van der Waals surface area contributed by atoms with E-state index in [0.717, 1.165) is 16.5 Å². The first-order valence-corrected chi connectivity index (χ1v) is 9.36. The Morgan fingerprint density at radius 3 is 2.47 bits per heavy atom. The molecule has 0 saturated carbocycles. The smallest absolute Gasteiger partial charge is 0.261 e. The summed E-state index contributed by atoms with van der Waals surface area (Å²) in [5.74, 6) is 0.955. The van der Waals surface area contributed by atoms with Gasteiger partial charge in [0.1, 0.15) is 28.9 Å². The summed E-state index contributed by atoms with van der Waals surface area (Å²) in [4.78, 5) is 15.8. The highest BCUT2D eigenvalue weighted by Crippen LogP contribution is 2.35. The monoisotopic (exact) mass is 405 g/mol. The Morgan fingerprint density at radius 1 is 1.13 bits per heavy atom. The zero-order valence-electron chi connectivity index (χ0n) is 17.1. The molecule has 0 fully saturated rings. The molecule has 0 saturated heterocycles. The van der Waals surface area contributed by atoms with E-state index in [1.165, 1.54) is 27.4 Å². The van der Waals surface area contributed by atoms with Crippen LogP contribution in [0.3, 0.4) is 0 Å². The molecule has 0 radical (unpaired) electrons. The van der Waals surface area contributed by atoms with Crippen molar-refractivity contribution in [3.63, 3.8) is 0 Å². The molecule has 0 atom stereocenters. The highest BCUT2D eigenvalue weighted by Gasteiger charge is 2.16. The lowest BCUT2D eigenvalue weighted by Crippen LogP contribution is -2.26. The molecule has 0 bridgehead atoms. The van der Waals surface area contributed by atoms with E-state index in [9.17, 15) is 10.1 Å². The fourth-order valence-electron chi connectivity index (χ4n) is 3.21. The van der Waals surface area contributed by atoms with E-state index in [2.05, 4.69) is 10.3 Å². The highest BCUT2D eigenvalue weighted by atomic mass is 16.5. The Morgan fingerprint density at radius 2 is 1.83 bits per heavy atom. The molecule has 3 aromatic rings. The van der Waals surface area contributed by atoms with Crippen LogP contribution >= 0.6 is 0 Å². The second-order valence-electron chi connectivity index (χ2n) is 6.48. The number of nitrogens with one attached hydrogen (secondary N) is 2. The quantitative estimate of drug-likeness (QED) is 0.442. The molecule has 7 heteroatoms. The maximum Gasteiger partial charge on any atom is 0.261 e. The van der Waals surface area contributed by atoms with Crippen LogP contribution in [-0.2, 0) is 11.2 Å². The fourth-order valence-corrected chi connectivity index (χ4v) is 3.21. The van der Waals surface area contributed by atoms with Gasteiger partial charge in [-0.3, -0.25) is 4.79 Å². The van der Waals surface area contributed by atoms with E-state index < -0.39 is 5.91 Å². The minimum atomic E-state index is -0.461. The van der Waals surface area contributed by atoms with Gasteiger partial charge in [-0.25, -0.2) is 0 Å². The lowest BCUT2D eigenvalue weighted by atomic mass is 10.1. The van der Waals surface area contributed by atoms with E-state index in [1.54, 1.807) is 12.1 Å². The zero-order valence-corrected chi connectivity index (χ0v) is 17.1. The molecule has 1 aromatic heterocycles. The van der Waals surface area contributed by atoms with E-state index >= 15 is 0 Å². The van der Waals surface area contributed by atoms with Crippen molar-refractivity contribution >= 4 is 22.9 Å². The summed E-state index contributed by atoms with van der Waals surface area (Å²) < 4.78 is 16.0. The predicted octanol–water partition coefficient (Wildman–Crippen LogP) is 3.46. The Hall–Kier alpha value is -3.92. The molecule has 0 aliphatic rings. The molecular weight excluding hydrogens is 382 g/mol. The van der Waals surface area contributed by atoms with E-state index in [-0.39, 0.29) is 5.57 Å². The third kappa shape index (κ3) is 4.39. The van der Waals surface area contributed by atoms with E-state index in [1.807, 2.05) is 36.5 Å². The van der Waals surface area contributed by atoms with Gasteiger partial charge in [0.15, 0.2) is 0 Å². The van der Waals surface area contributed by atoms with E-state index in [4.69, 9.17) is 14.2 Å². The lowest BCUT2D eigenvalue weighted by Gasteiger charge is -2.13. The van der Waals surface area contributed by atoms with Gasteiger partial charge in [-0.1, -0.05) is 18.2 Å². The normalized spacial score (nSPS) is 11.1. The topological polar surface area (TPSA) is 96.4 Å². The van der Waals surface area contributed by atoms with Crippen LogP contribution in [0.15, 0.2) is 48.2 Å². The van der Waals surface area contributed by atoms with Crippen molar-refractivity contribution in [2.45, 2.75) is 6.42 Å². The number of carbonyl (C=O) groups excluding carboxylic acids is 1. The van der Waals surface area contributed by atoms with Crippen LogP contribution in [0, 0.1) is 11.3 Å². The van der Waals surface area contributed by atoms with Crippen LogP contribution in [0.25, 0.3) is 17.0 Å². The van der Waals surface area contributed by atoms with Crippen LogP contribution in [0.4, 0.5) is 0 Å². The summed E-state index contributed by atoms with van der Waals surface area (Å²) in [5.41, 5.74) is 2.60. The summed E-state index contributed by atoms with van der Waals surface area (Å²) in [6.07, 6.45) is 4.03. The van der Waals surface area contributed by atoms with Crippen molar-refractivity contribution in [1.82, 2.24) is 10.3 Å². The van der Waals surface area contributed by atoms with Crippen molar-refractivity contribution in [2.75, 3.05) is 27.9 Å². The third-order valence-corrected chi connectivity index (χ3v) is 4.76. The molecule has 7 nitrogen and oxygen atoms in total. The molecule has 2 aromatic carbocycles. The minimum Gasteiger partial charge on any atom is -0.496 e. The molecule has 3 rings (SSSR count). The van der Waals surface area contributed by atoms with Gasteiger partial charge in [-0.05, 0) is 24.1 Å². The highest BCUT2D eigenvalue weighted by molar-refractivity contribution is 6.02. The Kier molecular flexibility index (Phi) is 6.60. The van der Waals surface area contributed by atoms with Crippen LogP contribution in [0.2, 0.25) is 0 Å². The number of ether oxygens (including phenoxy) is 3. The molecule has 0 aliphatic heterocycles. The Bertz CT molecular complexity index is 1100. The van der Waals surface area contributed by atoms with Gasteiger partial charge in [-0.15, -0.1) is 0 Å². The van der Waals surface area contributed by atoms with Crippen LogP contribution in [-0.4, -0.2) is 38.8 Å². The fraction of sp³-hybridized carbons (Fsp3) is 0.217. The maximum atomic E-state index is 12.6. The van der Waals surface area contributed by atoms with Crippen molar-refractivity contribution in [3.8, 4) is 23.3 Å². The summed E-state index contributed by atoms with van der Waals surface area (Å²) in [6, 6.07) is 13.3. The second kappa shape index (κ2) is 9.52. The van der Waals surface area contributed by atoms with Gasteiger partial charge < -0.3 is 24.5 Å². The summed E-state index contributed by atoms with van der Waals surface area (Å²) >= 11 is 0. The van der Waals surface area contributed by atoms with Gasteiger partial charge in [0, 0.05) is 35.8 Å². The van der Waals surface area contributed by atoms with Gasteiger partial charge in [0.05, 0.1) is 26.9 Å². The van der Waals surface area contributed by atoms with Crippen LogP contribution in [0.1, 0.15) is 11.1 Å². The molecule has 154 valence electrons. The molecule has 0 spiro atoms. The van der Waals surface area contributed by atoms with E-state index in [0.29, 0.717) is 35.8 Å². The average Bonchev–Trinajstić information content (AvgIpc) is 3.20. The first-order valence-electron chi connectivity index (χ1n) is 9.36. The van der Waals surface area contributed by atoms with Gasteiger partial charge in [0.25, 0.3) is 5.91 Å². The number of nitriles is 1. The number of carbonyl (C=O) groups is 1. The second-order valence-corrected chi connectivity index (χ2v) is 6.48. The van der Waals surface area contributed by atoms with Gasteiger partial charge in [0.2, 0.25) is 0 Å². The number of methoxy groups -OCH3 is 3. The average molecular weight is 405 g/mol. The van der Waals surface area contributed by atoms with Gasteiger partial charge >= 0.3 is 0 Å². The van der Waals surface area contributed by atoms with Crippen molar-refractivity contribution in [1.29, 1.82) is 5.26 Å². The third-order valence-electron chi connectivity index (χ3n) is 4.76. The first kappa shape index (κ1) is 20.8.